The van der Waals surface area contributed by atoms with E-state index in [-0.39, 0.29) is 28.8 Å². The largest absolute Gasteiger partial charge is 0.494 e. The van der Waals surface area contributed by atoms with Crippen molar-refractivity contribution in [2.24, 2.45) is 5.41 Å². The molecular formula is C21H21N3O3. The summed E-state index contributed by atoms with van der Waals surface area (Å²) in [6, 6.07) is 7.46. The molecule has 3 rings (SSSR count). The van der Waals surface area contributed by atoms with Crippen LogP contribution in [0.1, 0.15) is 37.9 Å². The van der Waals surface area contributed by atoms with E-state index in [4.69, 9.17) is 11.2 Å². The first-order chi connectivity index (χ1) is 12.6. The van der Waals surface area contributed by atoms with E-state index >= 15 is 0 Å². The van der Waals surface area contributed by atoms with Crippen LogP contribution in [0.15, 0.2) is 24.3 Å². The van der Waals surface area contributed by atoms with Crippen molar-refractivity contribution in [3.63, 3.8) is 0 Å². The molecule has 2 aliphatic rings. The first-order valence-electron chi connectivity index (χ1n) is 8.51. The van der Waals surface area contributed by atoms with Gasteiger partial charge in [0, 0.05) is 0 Å². The average molecular weight is 363 g/mol. The maximum Gasteiger partial charge on any atom is 0.316 e. The van der Waals surface area contributed by atoms with Gasteiger partial charge in [-0.3, -0.25) is 9.36 Å². The zero-order chi connectivity index (χ0) is 19.9. The van der Waals surface area contributed by atoms with Crippen LogP contribution in [0.5, 0.6) is 11.6 Å². The number of hydrogen-bond donors (Lipinski definition) is 1. The second-order valence-electron chi connectivity index (χ2n) is 7.44. The molecule has 0 saturated heterocycles. The molecule has 1 aromatic carbocycles. The molecule has 0 fully saturated rings. The minimum absolute atomic E-state index is 0.172. The Morgan fingerprint density at radius 3 is 2.37 bits per heavy atom. The predicted octanol–water partition coefficient (Wildman–Crippen LogP) is 3.63. The van der Waals surface area contributed by atoms with Crippen molar-refractivity contribution >= 4 is 5.97 Å². The van der Waals surface area contributed by atoms with Crippen molar-refractivity contribution in [1.29, 1.82) is 0 Å². The number of aromatic nitrogens is 3. The number of terminal acetylenes is 1. The number of benzene rings is 1. The summed E-state index contributed by atoms with van der Waals surface area (Å²) in [5, 5.41) is 11.0. The number of aromatic hydroxyl groups is 1. The molecule has 0 amide bonds. The molecule has 6 heteroatoms. The summed E-state index contributed by atoms with van der Waals surface area (Å²) in [5.41, 5.74) is 1.72. The number of nitrogens with zero attached hydrogens (tertiary/aromatic N) is 3. The van der Waals surface area contributed by atoms with Gasteiger partial charge in [-0.2, -0.15) is 0 Å². The third-order valence-corrected chi connectivity index (χ3v) is 4.14. The standard InChI is InChI=1S/C21H21N3O3/c1-7-15-23-18-16(17(13(3)22-18)27-20(26)21(4,5)6)19(25)24(15)14-10-8-12(2)9-11-14/h1,8-11,25H,2-6H3. The lowest BCUT2D eigenvalue weighted by Crippen LogP contribution is -2.25. The molecular weight excluding hydrogens is 342 g/mol. The van der Waals surface area contributed by atoms with Gasteiger partial charge in [-0.25, -0.2) is 9.97 Å². The lowest BCUT2D eigenvalue weighted by Gasteiger charge is -2.18. The number of carbonyl (C=O) groups excluding carboxylic acids is 1. The first kappa shape index (κ1) is 18.5. The van der Waals surface area contributed by atoms with Crippen LogP contribution in [0, 0.1) is 31.6 Å². The van der Waals surface area contributed by atoms with Crippen LogP contribution in [-0.4, -0.2) is 25.6 Å². The summed E-state index contributed by atoms with van der Waals surface area (Å²) in [7, 11) is 0. The maximum atomic E-state index is 12.4. The van der Waals surface area contributed by atoms with Gasteiger partial charge in [0.15, 0.2) is 17.4 Å². The molecule has 1 aromatic rings. The summed E-state index contributed by atoms with van der Waals surface area (Å²) >= 11 is 0. The van der Waals surface area contributed by atoms with E-state index in [0.29, 0.717) is 11.4 Å². The van der Waals surface area contributed by atoms with E-state index in [1.807, 2.05) is 31.2 Å². The molecule has 0 saturated carbocycles. The molecule has 2 aliphatic heterocycles. The molecule has 0 atom stereocenters. The number of esters is 1. The van der Waals surface area contributed by atoms with Crippen LogP contribution in [0.25, 0.3) is 17.1 Å². The Kier molecular flexibility index (Phi) is 4.40. The molecule has 27 heavy (non-hydrogen) atoms. The third kappa shape index (κ3) is 3.24. The molecule has 6 nitrogen and oxygen atoms in total. The van der Waals surface area contributed by atoms with Crippen LogP contribution in [0.3, 0.4) is 0 Å². The summed E-state index contributed by atoms with van der Waals surface area (Å²) in [6.07, 6.45) is 5.60. The Morgan fingerprint density at radius 2 is 1.81 bits per heavy atom. The van der Waals surface area contributed by atoms with E-state index < -0.39 is 11.4 Å². The first-order valence-corrected chi connectivity index (χ1v) is 8.51. The summed E-state index contributed by atoms with van der Waals surface area (Å²) < 4.78 is 7.00. The summed E-state index contributed by atoms with van der Waals surface area (Å²) in [4.78, 5) is 21.0. The number of ether oxygens (including phenoxy) is 1. The van der Waals surface area contributed by atoms with Crippen molar-refractivity contribution in [1.82, 2.24) is 14.5 Å². The van der Waals surface area contributed by atoms with Gasteiger partial charge < -0.3 is 9.84 Å². The van der Waals surface area contributed by atoms with E-state index in [1.54, 1.807) is 27.7 Å². The normalized spacial score (nSPS) is 11.4. The Labute approximate surface area is 158 Å². The van der Waals surface area contributed by atoms with Crippen LogP contribution >= 0.6 is 0 Å². The number of carbonyl (C=O) groups is 1. The van der Waals surface area contributed by atoms with Gasteiger partial charge in [0.1, 0.15) is 5.56 Å². The summed E-state index contributed by atoms with van der Waals surface area (Å²) in [5.74, 6) is 2.51. The van der Waals surface area contributed by atoms with E-state index in [0.717, 1.165) is 5.56 Å². The van der Waals surface area contributed by atoms with E-state index in [2.05, 4.69) is 15.9 Å². The Hall–Kier alpha value is -3.33. The molecule has 138 valence electrons. The molecule has 1 N–H and O–H groups in total. The Morgan fingerprint density at radius 1 is 1.19 bits per heavy atom. The number of aryl methyl sites for hydroxylation is 2. The maximum absolute atomic E-state index is 12.4. The van der Waals surface area contributed by atoms with Crippen molar-refractivity contribution in [3.05, 3.63) is 41.3 Å². The van der Waals surface area contributed by atoms with Gasteiger partial charge in [-0.15, -0.1) is 6.42 Å². The van der Waals surface area contributed by atoms with E-state index in [9.17, 15) is 9.90 Å². The van der Waals surface area contributed by atoms with Crippen molar-refractivity contribution in [2.45, 2.75) is 34.6 Å². The average Bonchev–Trinajstić information content (AvgIpc) is 2.90. The minimum Gasteiger partial charge on any atom is -0.494 e. The van der Waals surface area contributed by atoms with Gasteiger partial charge >= 0.3 is 5.97 Å². The smallest absolute Gasteiger partial charge is 0.316 e. The van der Waals surface area contributed by atoms with Crippen molar-refractivity contribution < 1.29 is 14.6 Å². The highest BCUT2D eigenvalue weighted by Gasteiger charge is 2.31. The van der Waals surface area contributed by atoms with Crippen LogP contribution < -0.4 is 4.74 Å². The SMILES string of the molecule is C#Cc1nc2nc(C)c(OC(=O)C(C)(C)C)c-2c(O)n1-c1ccc(C)cc1. The molecule has 0 radical (unpaired) electrons. The second-order valence-corrected chi connectivity index (χ2v) is 7.44. The number of fused-ring (bicyclic) bond motifs is 1. The Balaban J connectivity index is 2.26. The number of hydrogen-bond acceptors (Lipinski definition) is 5. The fourth-order valence-corrected chi connectivity index (χ4v) is 2.60. The highest BCUT2D eigenvalue weighted by Crippen LogP contribution is 2.42. The third-order valence-electron chi connectivity index (χ3n) is 4.14. The van der Waals surface area contributed by atoms with Gasteiger partial charge in [0.25, 0.3) is 0 Å². The van der Waals surface area contributed by atoms with Gasteiger partial charge in [0.05, 0.1) is 16.8 Å². The van der Waals surface area contributed by atoms with Gasteiger partial charge in [-0.1, -0.05) is 17.7 Å². The minimum atomic E-state index is -0.704. The molecule has 0 aliphatic carbocycles. The van der Waals surface area contributed by atoms with Crippen LogP contribution in [0.2, 0.25) is 0 Å². The second kappa shape index (κ2) is 6.44. The highest BCUT2D eigenvalue weighted by atomic mass is 16.5. The van der Waals surface area contributed by atoms with Crippen LogP contribution in [0.4, 0.5) is 0 Å². The monoisotopic (exact) mass is 363 g/mol. The van der Waals surface area contributed by atoms with E-state index in [1.165, 1.54) is 4.57 Å². The predicted molar refractivity (Wildman–Crippen MR) is 102 cm³/mol. The van der Waals surface area contributed by atoms with Crippen LogP contribution in [-0.2, 0) is 4.79 Å². The summed E-state index contributed by atoms with van der Waals surface area (Å²) in [6.45, 7) is 8.92. The zero-order valence-electron chi connectivity index (χ0n) is 16.0. The molecule has 0 bridgehead atoms. The topological polar surface area (TPSA) is 77.2 Å². The number of rotatable bonds is 2. The zero-order valence-corrected chi connectivity index (χ0v) is 16.0. The lowest BCUT2D eigenvalue weighted by molar-refractivity contribution is -0.143. The highest BCUT2D eigenvalue weighted by molar-refractivity contribution is 5.83. The molecule has 0 aromatic heterocycles. The van der Waals surface area contributed by atoms with Gasteiger partial charge in [-0.05, 0) is 52.7 Å². The van der Waals surface area contributed by atoms with Gasteiger partial charge in [0.2, 0.25) is 5.88 Å². The van der Waals surface area contributed by atoms with Crippen molar-refractivity contribution in [3.8, 4) is 41.0 Å². The molecule has 0 unspecified atom stereocenters. The quantitative estimate of drug-likeness (QED) is 0.556. The Bertz CT molecular complexity index is 1030. The molecule has 2 heterocycles. The van der Waals surface area contributed by atoms with Crippen molar-refractivity contribution in [2.75, 3.05) is 0 Å². The molecule has 0 spiro atoms. The lowest BCUT2D eigenvalue weighted by atomic mass is 9.97. The fraction of sp³-hybridized carbons (Fsp3) is 0.286. The fourth-order valence-electron chi connectivity index (χ4n) is 2.60.